The third-order valence-electron chi connectivity index (χ3n) is 2.75. The highest BCUT2D eigenvalue weighted by Gasteiger charge is 2.23. The fourth-order valence-corrected chi connectivity index (χ4v) is 1.98. The van der Waals surface area contributed by atoms with Crippen LogP contribution in [0.4, 0.5) is 0 Å². The van der Waals surface area contributed by atoms with Crippen molar-refractivity contribution in [1.82, 2.24) is 10.2 Å². The Morgan fingerprint density at radius 1 is 1.33 bits per heavy atom. The molecule has 0 aromatic carbocycles. The molecule has 0 aliphatic carbocycles. The second-order valence-corrected chi connectivity index (χ2v) is 3.80. The molecule has 1 saturated heterocycles. The Balaban J connectivity index is 2.51. The lowest BCUT2D eigenvalue weighted by Gasteiger charge is -2.29. The van der Waals surface area contributed by atoms with Gasteiger partial charge in [0.15, 0.2) is 0 Å². The molecule has 1 aliphatic heterocycles. The Morgan fingerprint density at radius 3 is 2.58 bits per heavy atom. The molecule has 0 saturated carbocycles. The molecule has 2 unspecified atom stereocenters. The van der Waals surface area contributed by atoms with E-state index in [0.717, 1.165) is 25.9 Å². The maximum absolute atomic E-state index is 9.18. The molecule has 0 amide bonds. The van der Waals surface area contributed by atoms with Crippen molar-refractivity contribution >= 4 is 0 Å². The number of hydrogen-bond donors (Lipinski definition) is 2. The zero-order chi connectivity index (χ0) is 8.97. The lowest BCUT2D eigenvalue weighted by atomic mass is 9.95. The second kappa shape index (κ2) is 4.80. The van der Waals surface area contributed by atoms with Gasteiger partial charge in [0, 0.05) is 12.6 Å². The van der Waals surface area contributed by atoms with Gasteiger partial charge < -0.3 is 15.3 Å². The van der Waals surface area contributed by atoms with Crippen molar-refractivity contribution in [1.29, 1.82) is 0 Å². The molecule has 1 rings (SSSR count). The first-order valence-corrected chi connectivity index (χ1v) is 4.73. The van der Waals surface area contributed by atoms with Crippen LogP contribution in [0.3, 0.4) is 0 Å². The number of nitrogens with zero attached hydrogens (tertiary/aromatic N) is 1. The first kappa shape index (κ1) is 9.96. The van der Waals surface area contributed by atoms with Crippen LogP contribution in [0.2, 0.25) is 0 Å². The number of aliphatic hydroxyl groups excluding tert-OH is 1. The van der Waals surface area contributed by atoms with Crippen molar-refractivity contribution < 1.29 is 5.11 Å². The van der Waals surface area contributed by atoms with Crippen molar-refractivity contribution in [3.63, 3.8) is 0 Å². The molecule has 0 aromatic rings. The summed E-state index contributed by atoms with van der Waals surface area (Å²) in [6, 6.07) is 0.546. The minimum Gasteiger partial charge on any atom is -0.396 e. The summed E-state index contributed by atoms with van der Waals surface area (Å²) in [7, 11) is 4.19. The summed E-state index contributed by atoms with van der Waals surface area (Å²) in [6.07, 6.45) is 2.25. The van der Waals surface area contributed by atoms with Crippen LogP contribution in [0.15, 0.2) is 0 Å². The van der Waals surface area contributed by atoms with E-state index in [1.165, 1.54) is 0 Å². The monoisotopic (exact) mass is 172 g/mol. The van der Waals surface area contributed by atoms with Crippen LogP contribution in [-0.2, 0) is 0 Å². The predicted molar refractivity (Wildman–Crippen MR) is 50.2 cm³/mol. The summed E-state index contributed by atoms with van der Waals surface area (Å²) < 4.78 is 0. The van der Waals surface area contributed by atoms with Gasteiger partial charge in [-0.15, -0.1) is 0 Å². The topological polar surface area (TPSA) is 35.5 Å². The Hall–Kier alpha value is -0.120. The zero-order valence-corrected chi connectivity index (χ0v) is 8.08. The Labute approximate surface area is 74.8 Å². The molecular formula is C9H20N2O. The summed E-state index contributed by atoms with van der Waals surface area (Å²) in [5.74, 6) is 0.454. The molecule has 0 aromatic heterocycles. The first-order chi connectivity index (χ1) is 5.75. The molecule has 1 heterocycles. The average Bonchev–Trinajstić information content (AvgIpc) is 2.27. The average molecular weight is 172 g/mol. The highest BCUT2D eigenvalue weighted by molar-refractivity contribution is 4.80. The standard InChI is InChI=1S/C9H20N2O/c1-11(2)9-4-6-10-5-3-8(9)7-12/h8-10,12H,3-7H2,1-2H3. The van der Waals surface area contributed by atoms with Crippen LogP contribution in [-0.4, -0.2) is 49.8 Å². The maximum Gasteiger partial charge on any atom is 0.0474 e. The number of nitrogens with one attached hydrogen (secondary N) is 1. The van der Waals surface area contributed by atoms with Crippen molar-refractivity contribution in [3.8, 4) is 0 Å². The summed E-state index contributed by atoms with van der Waals surface area (Å²) in [5.41, 5.74) is 0. The highest BCUT2D eigenvalue weighted by Crippen LogP contribution is 2.17. The number of aliphatic hydroxyl groups is 1. The summed E-state index contributed by atoms with van der Waals surface area (Å²) in [6.45, 7) is 2.46. The molecule has 2 N–H and O–H groups in total. The maximum atomic E-state index is 9.18. The molecule has 0 spiro atoms. The number of hydrogen-bond acceptors (Lipinski definition) is 3. The van der Waals surface area contributed by atoms with E-state index < -0.39 is 0 Å². The Bertz CT molecular complexity index is 128. The molecule has 3 nitrogen and oxygen atoms in total. The van der Waals surface area contributed by atoms with Crippen LogP contribution >= 0.6 is 0 Å². The van der Waals surface area contributed by atoms with E-state index in [9.17, 15) is 5.11 Å². The lowest BCUT2D eigenvalue weighted by Crippen LogP contribution is -2.37. The van der Waals surface area contributed by atoms with Crippen LogP contribution in [0.5, 0.6) is 0 Å². The quantitative estimate of drug-likeness (QED) is 0.611. The van der Waals surface area contributed by atoms with Gasteiger partial charge in [-0.3, -0.25) is 0 Å². The third-order valence-corrected chi connectivity index (χ3v) is 2.75. The van der Waals surface area contributed by atoms with E-state index in [1.54, 1.807) is 0 Å². The van der Waals surface area contributed by atoms with Crippen molar-refractivity contribution in [2.45, 2.75) is 18.9 Å². The molecule has 0 radical (unpaired) electrons. The van der Waals surface area contributed by atoms with Gasteiger partial charge in [0.05, 0.1) is 0 Å². The van der Waals surface area contributed by atoms with Crippen LogP contribution in [0.25, 0.3) is 0 Å². The molecule has 3 heteroatoms. The fourth-order valence-electron chi connectivity index (χ4n) is 1.98. The van der Waals surface area contributed by atoms with Gasteiger partial charge in [-0.25, -0.2) is 0 Å². The van der Waals surface area contributed by atoms with Crippen molar-refractivity contribution in [2.75, 3.05) is 33.8 Å². The zero-order valence-electron chi connectivity index (χ0n) is 8.08. The van der Waals surface area contributed by atoms with Gasteiger partial charge in [0.2, 0.25) is 0 Å². The van der Waals surface area contributed by atoms with E-state index in [-0.39, 0.29) is 0 Å². The van der Waals surface area contributed by atoms with E-state index in [1.807, 2.05) is 0 Å². The fraction of sp³-hybridized carbons (Fsp3) is 1.00. The van der Waals surface area contributed by atoms with Crippen molar-refractivity contribution in [3.05, 3.63) is 0 Å². The minimum absolute atomic E-state index is 0.324. The normalized spacial score (nSPS) is 32.0. The molecule has 2 atom stereocenters. The number of rotatable bonds is 2. The minimum atomic E-state index is 0.324. The molecule has 72 valence electrons. The smallest absolute Gasteiger partial charge is 0.0474 e. The second-order valence-electron chi connectivity index (χ2n) is 3.80. The summed E-state index contributed by atoms with van der Waals surface area (Å²) in [4.78, 5) is 2.23. The molecule has 0 bridgehead atoms. The van der Waals surface area contributed by atoms with Gasteiger partial charge >= 0.3 is 0 Å². The van der Waals surface area contributed by atoms with Crippen molar-refractivity contribution in [2.24, 2.45) is 5.92 Å². The Kier molecular flexibility index (Phi) is 3.98. The van der Waals surface area contributed by atoms with E-state index in [4.69, 9.17) is 0 Å². The van der Waals surface area contributed by atoms with Crippen LogP contribution in [0.1, 0.15) is 12.8 Å². The van der Waals surface area contributed by atoms with Gasteiger partial charge in [-0.2, -0.15) is 0 Å². The Morgan fingerprint density at radius 2 is 2.00 bits per heavy atom. The van der Waals surface area contributed by atoms with Gasteiger partial charge in [0.1, 0.15) is 0 Å². The molecule has 1 fully saturated rings. The third kappa shape index (κ3) is 2.44. The van der Waals surface area contributed by atoms with E-state index in [2.05, 4.69) is 24.3 Å². The van der Waals surface area contributed by atoms with E-state index in [0.29, 0.717) is 18.6 Å². The van der Waals surface area contributed by atoms with Crippen LogP contribution < -0.4 is 5.32 Å². The van der Waals surface area contributed by atoms with Gasteiger partial charge in [-0.05, 0) is 45.9 Å². The molecule has 12 heavy (non-hydrogen) atoms. The summed E-state index contributed by atoms with van der Waals surface area (Å²) >= 11 is 0. The van der Waals surface area contributed by atoms with Crippen LogP contribution in [0, 0.1) is 5.92 Å². The molecular weight excluding hydrogens is 152 g/mol. The lowest BCUT2D eigenvalue weighted by molar-refractivity contribution is 0.130. The van der Waals surface area contributed by atoms with Gasteiger partial charge in [0.25, 0.3) is 0 Å². The van der Waals surface area contributed by atoms with E-state index >= 15 is 0 Å². The first-order valence-electron chi connectivity index (χ1n) is 4.73. The highest BCUT2D eigenvalue weighted by atomic mass is 16.3. The largest absolute Gasteiger partial charge is 0.396 e. The predicted octanol–water partition coefficient (Wildman–Crippen LogP) is -0.0915. The molecule has 1 aliphatic rings. The van der Waals surface area contributed by atoms with Gasteiger partial charge in [-0.1, -0.05) is 0 Å². The summed E-state index contributed by atoms with van der Waals surface area (Å²) in [5, 5.41) is 12.5. The SMILES string of the molecule is CN(C)C1CCNCCC1CO.